The number of carbonyl (C=O) groups is 2. The van der Waals surface area contributed by atoms with Crippen LogP contribution in [0.1, 0.15) is 51.4 Å². The molecule has 1 aliphatic carbocycles. The molecule has 0 radical (unpaired) electrons. The molecule has 0 saturated heterocycles. The van der Waals surface area contributed by atoms with Crippen LogP contribution in [0.4, 0.5) is 0 Å². The summed E-state index contributed by atoms with van der Waals surface area (Å²) in [4.78, 5) is 25.7. The molecular weight excluding hydrogens is 256 g/mol. The van der Waals surface area contributed by atoms with E-state index in [-0.39, 0.29) is 12.3 Å². The van der Waals surface area contributed by atoms with E-state index in [2.05, 4.69) is 10.2 Å². The minimum Gasteiger partial charge on any atom is -0.481 e. The first-order valence-electron chi connectivity index (χ1n) is 7.61. The third kappa shape index (κ3) is 5.49. The lowest BCUT2D eigenvalue weighted by Crippen LogP contribution is -2.38. The van der Waals surface area contributed by atoms with Gasteiger partial charge in [-0.25, -0.2) is 0 Å². The molecule has 0 aromatic heterocycles. The van der Waals surface area contributed by atoms with Crippen molar-refractivity contribution in [2.75, 3.05) is 27.2 Å². The summed E-state index contributed by atoms with van der Waals surface area (Å²) in [5.74, 6) is -0.920. The standard InChI is InChI=1S/C15H28N2O3/c1-17(2)11-7-10-16-13(18)12-15(14(19)20)8-5-3-4-6-9-15/h3-12H2,1-2H3,(H,16,18)(H,19,20). The lowest BCUT2D eigenvalue weighted by atomic mass is 9.77. The zero-order chi connectivity index (χ0) is 15.0. The summed E-state index contributed by atoms with van der Waals surface area (Å²) in [7, 11) is 3.99. The maximum Gasteiger partial charge on any atom is 0.310 e. The van der Waals surface area contributed by atoms with Crippen molar-refractivity contribution >= 4 is 11.9 Å². The maximum atomic E-state index is 12.0. The summed E-state index contributed by atoms with van der Waals surface area (Å²) < 4.78 is 0. The van der Waals surface area contributed by atoms with E-state index in [1.807, 2.05) is 14.1 Å². The van der Waals surface area contributed by atoms with Crippen LogP contribution in [0.3, 0.4) is 0 Å². The van der Waals surface area contributed by atoms with Gasteiger partial charge in [-0.1, -0.05) is 25.7 Å². The summed E-state index contributed by atoms with van der Waals surface area (Å²) >= 11 is 0. The highest BCUT2D eigenvalue weighted by molar-refractivity contribution is 5.85. The highest BCUT2D eigenvalue weighted by atomic mass is 16.4. The van der Waals surface area contributed by atoms with Gasteiger partial charge in [0.25, 0.3) is 0 Å². The molecule has 1 saturated carbocycles. The van der Waals surface area contributed by atoms with Gasteiger partial charge >= 0.3 is 5.97 Å². The molecule has 1 fully saturated rings. The molecule has 5 heteroatoms. The number of rotatable bonds is 7. The van der Waals surface area contributed by atoms with Crippen LogP contribution in [-0.4, -0.2) is 49.1 Å². The Labute approximate surface area is 121 Å². The molecular formula is C15H28N2O3. The Kier molecular flexibility index (Phi) is 6.99. The molecule has 1 aliphatic rings. The van der Waals surface area contributed by atoms with E-state index in [0.717, 1.165) is 38.6 Å². The van der Waals surface area contributed by atoms with Crippen LogP contribution in [0.2, 0.25) is 0 Å². The summed E-state index contributed by atoms with van der Waals surface area (Å²) in [5.41, 5.74) is -0.831. The second-order valence-corrected chi connectivity index (χ2v) is 6.18. The van der Waals surface area contributed by atoms with Crippen molar-refractivity contribution in [2.45, 2.75) is 51.4 Å². The Morgan fingerprint density at radius 3 is 2.25 bits per heavy atom. The number of hydrogen-bond acceptors (Lipinski definition) is 3. The predicted octanol–water partition coefficient (Wildman–Crippen LogP) is 1.87. The molecule has 0 spiro atoms. The van der Waals surface area contributed by atoms with Gasteiger partial charge in [-0.15, -0.1) is 0 Å². The molecule has 0 bridgehead atoms. The van der Waals surface area contributed by atoms with Crippen molar-refractivity contribution in [1.82, 2.24) is 10.2 Å². The van der Waals surface area contributed by atoms with E-state index in [1.54, 1.807) is 0 Å². The highest BCUT2D eigenvalue weighted by Gasteiger charge is 2.40. The van der Waals surface area contributed by atoms with Crippen LogP contribution in [-0.2, 0) is 9.59 Å². The summed E-state index contributed by atoms with van der Waals surface area (Å²) in [5, 5.41) is 12.4. The van der Waals surface area contributed by atoms with Gasteiger partial charge in [-0.2, -0.15) is 0 Å². The van der Waals surface area contributed by atoms with Gasteiger partial charge in [0.05, 0.1) is 5.41 Å². The van der Waals surface area contributed by atoms with E-state index >= 15 is 0 Å². The number of hydrogen-bond donors (Lipinski definition) is 2. The Morgan fingerprint density at radius 1 is 1.15 bits per heavy atom. The van der Waals surface area contributed by atoms with Crippen molar-refractivity contribution in [3.8, 4) is 0 Å². The van der Waals surface area contributed by atoms with E-state index in [4.69, 9.17) is 0 Å². The number of carbonyl (C=O) groups excluding carboxylic acids is 1. The van der Waals surface area contributed by atoms with E-state index in [9.17, 15) is 14.7 Å². The zero-order valence-corrected chi connectivity index (χ0v) is 12.8. The first kappa shape index (κ1) is 17.0. The van der Waals surface area contributed by atoms with Gasteiger partial charge < -0.3 is 15.3 Å². The number of nitrogens with one attached hydrogen (secondary N) is 1. The fourth-order valence-corrected chi connectivity index (χ4v) is 2.86. The molecule has 2 N–H and O–H groups in total. The molecule has 20 heavy (non-hydrogen) atoms. The largest absolute Gasteiger partial charge is 0.481 e. The van der Waals surface area contributed by atoms with Gasteiger partial charge in [-0.05, 0) is 39.9 Å². The van der Waals surface area contributed by atoms with Crippen LogP contribution >= 0.6 is 0 Å². The molecule has 0 aromatic rings. The third-order valence-electron chi connectivity index (χ3n) is 4.12. The number of carboxylic acids is 1. The van der Waals surface area contributed by atoms with Crippen molar-refractivity contribution in [2.24, 2.45) is 5.41 Å². The minimum atomic E-state index is -0.831. The topological polar surface area (TPSA) is 69.6 Å². The molecule has 1 rings (SSSR count). The smallest absolute Gasteiger partial charge is 0.310 e. The van der Waals surface area contributed by atoms with E-state index in [0.29, 0.717) is 19.4 Å². The average molecular weight is 284 g/mol. The first-order valence-corrected chi connectivity index (χ1v) is 7.61. The molecule has 1 amide bonds. The molecule has 0 aliphatic heterocycles. The van der Waals surface area contributed by atoms with Crippen molar-refractivity contribution in [3.05, 3.63) is 0 Å². The van der Waals surface area contributed by atoms with Crippen molar-refractivity contribution in [3.63, 3.8) is 0 Å². The second-order valence-electron chi connectivity index (χ2n) is 6.18. The number of carboxylic acid groups (broad SMARTS) is 1. The second kappa shape index (κ2) is 8.25. The van der Waals surface area contributed by atoms with Gasteiger partial charge in [0.2, 0.25) is 5.91 Å². The normalized spacial score (nSPS) is 18.6. The van der Waals surface area contributed by atoms with Crippen LogP contribution in [0.15, 0.2) is 0 Å². The van der Waals surface area contributed by atoms with Gasteiger partial charge in [-0.3, -0.25) is 9.59 Å². The highest BCUT2D eigenvalue weighted by Crippen LogP contribution is 2.38. The minimum absolute atomic E-state index is 0.118. The lowest BCUT2D eigenvalue weighted by Gasteiger charge is -2.27. The summed E-state index contributed by atoms with van der Waals surface area (Å²) in [6.07, 6.45) is 6.28. The maximum absolute atomic E-state index is 12.0. The SMILES string of the molecule is CN(C)CCCNC(=O)CC1(C(=O)O)CCCCCC1. The zero-order valence-electron chi connectivity index (χ0n) is 12.8. The lowest BCUT2D eigenvalue weighted by molar-refractivity contribution is -0.152. The molecule has 116 valence electrons. The number of nitrogens with zero attached hydrogens (tertiary/aromatic N) is 1. The van der Waals surface area contributed by atoms with E-state index < -0.39 is 11.4 Å². The average Bonchev–Trinajstić information content (AvgIpc) is 2.61. The number of amides is 1. The monoisotopic (exact) mass is 284 g/mol. The van der Waals surface area contributed by atoms with Crippen LogP contribution in [0.5, 0.6) is 0 Å². The van der Waals surface area contributed by atoms with Crippen LogP contribution in [0, 0.1) is 5.41 Å². The van der Waals surface area contributed by atoms with Crippen molar-refractivity contribution < 1.29 is 14.7 Å². The Hall–Kier alpha value is -1.10. The van der Waals surface area contributed by atoms with E-state index in [1.165, 1.54) is 0 Å². The van der Waals surface area contributed by atoms with Gasteiger partial charge in [0.15, 0.2) is 0 Å². The van der Waals surface area contributed by atoms with Gasteiger partial charge in [0.1, 0.15) is 0 Å². The fraction of sp³-hybridized carbons (Fsp3) is 0.867. The Morgan fingerprint density at radius 2 is 1.75 bits per heavy atom. The molecule has 0 atom stereocenters. The quantitative estimate of drug-likeness (QED) is 0.553. The predicted molar refractivity (Wildman–Crippen MR) is 78.6 cm³/mol. The van der Waals surface area contributed by atoms with Crippen LogP contribution in [0.25, 0.3) is 0 Å². The molecule has 5 nitrogen and oxygen atoms in total. The summed E-state index contributed by atoms with van der Waals surface area (Å²) in [6.45, 7) is 1.54. The molecule has 0 heterocycles. The Balaban J connectivity index is 2.44. The summed E-state index contributed by atoms with van der Waals surface area (Å²) in [6, 6.07) is 0. The Bertz CT molecular complexity index is 321. The molecule has 0 unspecified atom stereocenters. The van der Waals surface area contributed by atoms with Gasteiger partial charge in [0, 0.05) is 13.0 Å². The fourth-order valence-electron chi connectivity index (χ4n) is 2.86. The first-order chi connectivity index (χ1) is 9.46. The van der Waals surface area contributed by atoms with Crippen molar-refractivity contribution in [1.29, 1.82) is 0 Å². The van der Waals surface area contributed by atoms with Crippen LogP contribution < -0.4 is 5.32 Å². The third-order valence-corrected chi connectivity index (χ3v) is 4.12. The number of aliphatic carboxylic acids is 1. The molecule has 0 aromatic carbocycles.